The molecule has 0 aromatic heterocycles. The number of carbonyl (C=O) groups is 1. The van der Waals surface area contributed by atoms with Crippen molar-refractivity contribution in [2.24, 2.45) is 0 Å². The van der Waals surface area contributed by atoms with Crippen LogP contribution in [-0.4, -0.2) is 106 Å². The summed E-state index contributed by atoms with van der Waals surface area (Å²) in [7, 11) is 4.20. The van der Waals surface area contributed by atoms with Gasteiger partial charge in [0.25, 0.3) is 0 Å². The Morgan fingerprint density at radius 3 is 2.46 bits per heavy atom. The molecule has 1 unspecified atom stereocenters. The van der Waals surface area contributed by atoms with E-state index >= 15 is 0 Å². The third-order valence-electron chi connectivity index (χ3n) is 5.95. The van der Waals surface area contributed by atoms with Gasteiger partial charge in [0.15, 0.2) is 0 Å². The van der Waals surface area contributed by atoms with Crippen molar-refractivity contribution in [1.82, 2.24) is 20.0 Å². The van der Waals surface area contributed by atoms with Crippen LogP contribution in [0, 0.1) is 0 Å². The normalized spacial score (nSPS) is 28.3. The van der Waals surface area contributed by atoms with Crippen molar-refractivity contribution >= 4 is 6.03 Å². The van der Waals surface area contributed by atoms with Crippen LogP contribution < -0.4 is 5.32 Å². The second-order valence-corrected chi connectivity index (χ2v) is 7.43. The number of hydrogen-bond donors (Lipinski definition) is 1. The van der Waals surface area contributed by atoms with Gasteiger partial charge >= 0.3 is 6.03 Å². The Balaban J connectivity index is 1.48. The number of urea groups is 1. The second-order valence-electron chi connectivity index (χ2n) is 7.43. The summed E-state index contributed by atoms with van der Waals surface area (Å²) in [6.45, 7) is 7.55. The molecule has 3 aliphatic heterocycles. The van der Waals surface area contributed by atoms with E-state index in [2.05, 4.69) is 29.2 Å². The topological polar surface area (TPSA) is 57.3 Å². The van der Waals surface area contributed by atoms with Gasteiger partial charge in [-0.15, -0.1) is 0 Å². The number of rotatable bonds is 4. The summed E-state index contributed by atoms with van der Waals surface area (Å²) in [5, 5.41) is 3.19. The van der Waals surface area contributed by atoms with Crippen LogP contribution in [0.4, 0.5) is 4.79 Å². The standard InChI is InChI=1S/C17H32N4O3/c1-19(2)17(4-9-23-10-5-17)14-18-16(22)21-6-3-15(13-21)20-7-11-24-12-8-20/h15H,3-14H2,1-2H3,(H,18,22). The molecule has 1 N–H and O–H groups in total. The minimum atomic E-state index is 0.0250. The monoisotopic (exact) mass is 340 g/mol. The molecule has 7 nitrogen and oxygen atoms in total. The van der Waals surface area contributed by atoms with Crippen molar-refractivity contribution in [3.63, 3.8) is 0 Å². The van der Waals surface area contributed by atoms with Crippen molar-refractivity contribution in [3.05, 3.63) is 0 Å². The summed E-state index contributed by atoms with van der Waals surface area (Å²) in [5.41, 5.74) is 0.0250. The average molecular weight is 340 g/mol. The summed E-state index contributed by atoms with van der Waals surface area (Å²) in [4.78, 5) is 19.3. The molecular formula is C17H32N4O3. The Kier molecular flexibility index (Phi) is 5.97. The molecule has 138 valence electrons. The summed E-state index contributed by atoms with van der Waals surface area (Å²) in [6, 6.07) is 0.573. The van der Waals surface area contributed by atoms with Crippen LogP contribution >= 0.6 is 0 Å². The summed E-state index contributed by atoms with van der Waals surface area (Å²) in [6.07, 6.45) is 3.01. The molecule has 3 fully saturated rings. The first-order valence-corrected chi connectivity index (χ1v) is 9.20. The van der Waals surface area contributed by atoms with Gasteiger partial charge in [-0.3, -0.25) is 4.90 Å². The van der Waals surface area contributed by atoms with Crippen LogP contribution in [0.5, 0.6) is 0 Å². The van der Waals surface area contributed by atoms with Gasteiger partial charge in [0, 0.05) is 57.5 Å². The quantitative estimate of drug-likeness (QED) is 0.793. The molecule has 0 radical (unpaired) electrons. The van der Waals surface area contributed by atoms with Crippen LogP contribution in [0.2, 0.25) is 0 Å². The number of likely N-dealkylation sites (N-methyl/N-ethyl adjacent to an activating group) is 1. The first-order chi connectivity index (χ1) is 11.6. The fourth-order valence-electron chi connectivity index (χ4n) is 4.05. The molecule has 3 rings (SSSR count). The first-order valence-electron chi connectivity index (χ1n) is 9.20. The number of nitrogens with zero attached hydrogens (tertiary/aromatic N) is 3. The van der Waals surface area contributed by atoms with E-state index < -0.39 is 0 Å². The molecular weight excluding hydrogens is 308 g/mol. The lowest BCUT2D eigenvalue weighted by atomic mass is 9.88. The zero-order valence-electron chi connectivity index (χ0n) is 15.1. The summed E-state index contributed by atoms with van der Waals surface area (Å²) < 4.78 is 10.9. The van der Waals surface area contributed by atoms with Gasteiger partial charge in [0.1, 0.15) is 0 Å². The molecule has 24 heavy (non-hydrogen) atoms. The lowest BCUT2D eigenvalue weighted by Crippen LogP contribution is -2.57. The van der Waals surface area contributed by atoms with Crippen LogP contribution in [-0.2, 0) is 9.47 Å². The maximum atomic E-state index is 12.6. The highest BCUT2D eigenvalue weighted by molar-refractivity contribution is 5.74. The SMILES string of the molecule is CN(C)C1(CNC(=O)N2CCC(N3CCOCC3)C2)CCOCC1. The van der Waals surface area contributed by atoms with Crippen LogP contribution in [0.1, 0.15) is 19.3 Å². The minimum Gasteiger partial charge on any atom is -0.381 e. The van der Waals surface area contributed by atoms with E-state index in [0.717, 1.165) is 71.9 Å². The fourth-order valence-corrected chi connectivity index (χ4v) is 4.05. The van der Waals surface area contributed by atoms with Gasteiger partial charge in [-0.25, -0.2) is 4.79 Å². The van der Waals surface area contributed by atoms with Crippen LogP contribution in [0.25, 0.3) is 0 Å². The van der Waals surface area contributed by atoms with E-state index in [1.165, 1.54) is 0 Å². The van der Waals surface area contributed by atoms with Crippen LogP contribution in [0.15, 0.2) is 0 Å². The lowest BCUT2D eigenvalue weighted by molar-refractivity contribution is -0.00623. The Morgan fingerprint density at radius 2 is 1.79 bits per heavy atom. The molecule has 7 heteroatoms. The van der Waals surface area contributed by atoms with Crippen molar-refractivity contribution in [2.75, 3.05) is 73.2 Å². The molecule has 3 aliphatic rings. The molecule has 0 aromatic rings. The number of likely N-dealkylation sites (tertiary alicyclic amines) is 1. The largest absolute Gasteiger partial charge is 0.381 e. The molecule has 3 saturated heterocycles. The van der Waals surface area contributed by atoms with Gasteiger partial charge in [-0.2, -0.15) is 0 Å². The molecule has 0 saturated carbocycles. The highest BCUT2D eigenvalue weighted by Gasteiger charge is 2.36. The predicted octanol–water partition coefficient (Wildman–Crippen LogP) is 0.213. The summed E-state index contributed by atoms with van der Waals surface area (Å²) >= 11 is 0. The molecule has 1 atom stereocenters. The van der Waals surface area contributed by atoms with E-state index in [-0.39, 0.29) is 11.6 Å². The van der Waals surface area contributed by atoms with Gasteiger partial charge < -0.3 is 24.6 Å². The molecule has 0 bridgehead atoms. The lowest BCUT2D eigenvalue weighted by Gasteiger charge is -2.43. The van der Waals surface area contributed by atoms with Crippen molar-refractivity contribution in [3.8, 4) is 0 Å². The predicted molar refractivity (Wildman–Crippen MR) is 92.2 cm³/mol. The summed E-state index contributed by atoms with van der Waals surface area (Å²) in [5.74, 6) is 0. The van der Waals surface area contributed by atoms with E-state index in [0.29, 0.717) is 12.6 Å². The maximum absolute atomic E-state index is 12.6. The Morgan fingerprint density at radius 1 is 1.12 bits per heavy atom. The molecule has 0 aromatic carbocycles. The second kappa shape index (κ2) is 7.99. The maximum Gasteiger partial charge on any atom is 0.317 e. The Labute approximate surface area is 145 Å². The number of morpholine rings is 1. The van der Waals surface area contributed by atoms with Crippen LogP contribution in [0.3, 0.4) is 0 Å². The zero-order chi connectivity index (χ0) is 17.0. The Bertz CT molecular complexity index is 420. The zero-order valence-corrected chi connectivity index (χ0v) is 15.1. The molecule has 3 heterocycles. The van der Waals surface area contributed by atoms with Gasteiger partial charge in [0.2, 0.25) is 0 Å². The third-order valence-corrected chi connectivity index (χ3v) is 5.95. The van der Waals surface area contributed by atoms with E-state index in [1.807, 2.05) is 4.90 Å². The van der Waals surface area contributed by atoms with E-state index in [9.17, 15) is 4.79 Å². The van der Waals surface area contributed by atoms with Gasteiger partial charge in [-0.05, 0) is 33.4 Å². The average Bonchev–Trinajstić information content (AvgIpc) is 3.11. The highest BCUT2D eigenvalue weighted by atomic mass is 16.5. The minimum absolute atomic E-state index is 0.0250. The first kappa shape index (κ1) is 17.9. The van der Waals surface area contributed by atoms with Crippen molar-refractivity contribution in [1.29, 1.82) is 0 Å². The number of carbonyl (C=O) groups excluding carboxylic acids is 1. The van der Waals surface area contributed by atoms with Gasteiger partial charge in [0.05, 0.1) is 13.2 Å². The highest BCUT2D eigenvalue weighted by Crippen LogP contribution is 2.25. The van der Waals surface area contributed by atoms with E-state index in [1.54, 1.807) is 0 Å². The fraction of sp³-hybridized carbons (Fsp3) is 0.941. The van der Waals surface area contributed by atoms with Crippen molar-refractivity contribution in [2.45, 2.75) is 30.8 Å². The van der Waals surface area contributed by atoms with Gasteiger partial charge in [-0.1, -0.05) is 0 Å². The number of amides is 2. The number of nitrogens with one attached hydrogen (secondary N) is 1. The third kappa shape index (κ3) is 4.02. The number of ether oxygens (including phenoxy) is 2. The van der Waals surface area contributed by atoms with E-state index in [4.69, 9.17) is 9.47 Å². The molecule has 0 aliphatic carbocycles. The Hall–Kier alpha value is -0.890. The smallest absolute Gasteiger partial charge is 0.317 e. The number of hydrogen-bond acceptors (Lipinski definition) is 5. The molecule has 2 amide bonds. The molecule has 0 spiro atoms. The van der Waals surface area contributed by atoms with Crippen molar-refractivity contribution < 1.29 is 14.3 Å².